The van der Waals surface area contributed by atoms with Gasteiger partial charge in [0.1, 0.15) is 12.1 Å². The average Bonchev–Trinajstić information content (AvgIpc) is 3.59. The lowest BCUT2D eigenvalue weighted by Crippen LogP contribution is -2.45. The van der Waals surface area contributed by atoms with E-state index in [0.717, 1.165) is 71.8 Å². The fourth-order valence-corrected chi connectivity index (χ4v) is 6.40. The molecule has 0 spiro atoms. The molecule has 0 aliphatic carbocycles. The summed E-state index contributed by atoms with van der Waals surface area (Å²) in [4.78, 5) is 33.0. The lowest BCUT2D eigenvalue weighted by atomic mass is 9.95. The minimum atomic E-state index is 0.271. The number of nitrogens with one attached hydrogen (secondary N) is 1. The van der Waals surface area contributed by atoms with Crippen LogP contribution in [0.4, 0.5) is 5.82 Å². The van der Waals surface area contributed by atoms with E-state index >= 15 is 0 Å². The highest BCUT2D eigenvalue weighted by Crippen LogP contribution is 2.39. The second-order valence-electron chi connectivity index (χ2n) is 11.6. The number of nitrogens with zero attached hydrogens (tertiary/aromatic N) is 7. The Bertz CT molecular complexity index is 1520. The molecule has 2 saturated heterocycles. The summed E-state index contributed by atoms with van der Waals surface area (Å²) in [6, 6.07) is 5.02. The van der Waals surface area contributed by atoms with E-state index in [2.05, 4.69) is 75.8 Å². The lowest BCUT2D eigenvalue weighted by molar-refractivity contribution is -0.134. The zero-order valence-electron chi connectivity index (χ0n) is 23.3. The highest BCUT2D eigenvalue weighted by Gasteiger charge is 2.41. The first kappa shape index (κ1) is 24.9. The van der Waals surface area contributed by atoms with E-state index in [1.165, 1.54) is 11.1 Å². The Morgan fingerprint density at radius 1 is 1.18 bits per heavy atom. The van der Waals surface area contributed by atoms with E-state index in [-0.39, 0.29) is 17.9 Å². The normalized spacial score (nSPS) is 19.6. The van der Waals surface area contributed by atoms with Crippen molar-refractivity contribution in [2.45, 2.75) is 65.0 Å². The molecule has 9 nitrogen and oxygen atoms in total. The Labute approximate surface area is 223 Å². The SMILES string of the molecule is Cc1c(-c2[nH]c3ccc(N4C[C@H]5C[C@@H]4CCN5C(=O)CCN(C)C)nc3c2C(C)C)cn2ncnc2c1C. The third-order valence-corrected chi connectivity index (χ3v) is 8.56. The number of carbonyl (C=O) groups is 1. The molecule has 38 heavy (non-hydrogen) atoms. The molecule has 2 atom stereocenters. The Balaban J connectivity index is 1.35. The van der Waals surface area contributed by atoms with Crippen molar-refractivity contribution in [3.05, 3.63) is 41.3 Å². The van der Waals surface area contributed by atoms with Gasteiger partial charge in [0.25, 0.3) is 0 Å². The van der Waals surface area contributed by atoms with Crippen molar-refractivity contribution in [2.75, 3.05) is 38.6 Å². The summed E-state index contributed by atoms with van der Waals surface area (Å²) < 4.78 is 1.86. The first-order valence-electron chi connectivity index (χ1n) is 13.8. The number of hydrogen-bond acceptors (Lipinski definition) is 6. The van der Waals surface area contributed by atoms with Gasteiger partial charge in [-0.1, -0.05) is 13.8 Å². The minimum absolute atomic E-state index is 0.271. The summed E-state index contributed by atoms with van der Waals surface area (Å²) in [7, 11) is 4.04. The number of H-pyrrole nitrogens is 1. The number of anilines is 1. The molecule has 6 heterocycles. The summed E-state index contributed by atoms with van der Waals surface area (Å²) in [5.41, 5.74) is 8.77. The van der Waals surface area contributed by atoms with Crippen LogP contribution in [-0.4, -0.2) is 86.1 Å². The van der Waals surface area contributed by atoms with E-state index in [0.29, 0.717) is 12.5 Å². The molecule has 4 aromatic rings. The predicted octanol–water partition coefficient (Wildman–Crippen LogP) is 4.14. The van der Waals surface area contributed by atoms with Crippen molar-refractivity contribution in [3.8, 4) is 11.3 Å². The first-order chi connectivity index (χ1) is 18.2. The Hall–Kier alpha value is -3.46. The van der Waals surface area contributed by atoms with Crippen LogP contribution in [0.15, 0.2) is 24.7 Å². The molecule has 0 radical (unpaired) electrons. The standard InChI is InChI=1S/C29H38N8O/c1-17(2)26-27(22-15-37-29(30-16-31-37)19(4)18(22)3)32-23-7-8-24(33-28(23)26)36-14-21-13-20(36)9-12-35(21)25(38)10-11-34(5)6/h7-8,15-17,20-21,32H,9-14H2,1-6H3/t20-,21+/m0/s1. The van der Waals surface area contributed by atoms with Crippen LogP contribution in [0.3, 0.4) is 0 Å². The van der Waals surface area contributed by atoms with Crippen molar-refractivity contribution in [1.82, 2.24) is 34.4 Å². The number of fused-ring (bicyclic) bond motifs is 4. The Morgan fingerprint density at radius 2 is 2.00 bits per heavy atom. The summed E-state index contributed by atoms with van der Waals surface area (Å²) in [6.07, 6.45) is 6.29. The Kier molecular flexibility index (Phi) is 6.13. The molecule has 2 aliphatic heterocycles. The van der Waals surface area contributed by atoms with Crippen LogP contribution < -0.4 is 4.90 Å². The van der Waals surface area contributed by atoms with Gasteiger partial charge in [0.05, 0.1) is 22.8 Å². The van der Waals surface area contributed by atoms with Gasteiger partial charge in [-0.05, 0) is 70.0 Å². The summed E-state index contributed by atoms with van der Waals surface area (Å²) in [5.74, 6) is 1.58. The number of aromatic nitrogens is 5. The van der Waals surface area contributed by atoms with E-state index < -0.39 is 0 Å². The fraction of sp³-hybridized carbons (Fsp3) is 0.517. The van der Waals surface area contributed by atoms with E-state index in [1.807, 2.05) is 18.6 Å². The second-order valence-corrected chi connectivity index (χ2v) is 11.6. The molecular weight excluding hydrogens is 476 g/mol. The maximum atomic E-state index is 12.9. The van der Waals surface area contributed by atoms with Crippen molar-refractivity contribution in [1.29, 1.82) is 0 Å². The van der Waals surface area contributed by atoms with Gasteiger partial charge in [-0.15, -0.1) is 0 Å². The maximum Gasteiger partial charge on any atom is 0.224 e. The summed E-state index contributed by atoms with van der Waals surface area (Å²) >= 11 is 0. The van der Waals surface area contributed by atoms with Gasteiger partial charge in [0, 0.05) is 49.4 Å². The highest BCUT2D eigenvalue weighted by atomic mass is 16.2. The van der Waals surface area contributed by atoms with Gasteiger partial charge in [-0.2, -0.15) is 5.10 Å². The number of hydrogen-bond donors (Lipinski definition) is 1. The number of piperidine rings is 1. The number of rotatable bonds is 6. The molecule has 2 fully saturated rings. The topological polar surface area (TPSA) is 85.7 Å². The molecule has 0 saturated carbocycles. The van der Waals surface area contributed by atoms with Gasteiger partial charge in [0.15, 0.2) is 5.65 Å². The molecule has 2 aliphatic rings. The molecule has 9 heteroatoms. The van der Waals surface area contributed by atoms with Crippen LogP contribution in [0, 0.1) is 13.8 Å². The van der Waals surface area contributed by atoms with Gasteiger partial charge in [-0.3, -0.25) is 4.79 Å². The van der Waals surface area contributed by atoms with E-state index in [4.69, 9.17) is 4.98 Å². The number of likely N-dealkylation sites (tertiary alicyclic amines) is 1. The largest absolute Gasteiger partial charge is 0.353 e. The number of amides is 1. The quantitative estimate of drug-likeness (QED) is 0.416. The average molecular weight is 515 g/mol. The number of pyridine rings is 2. The zero-order valence-corrected chi connectivity index (χ0v) is 23.3. The monoisotopic (exact) mass is 514 g/mol. The lowest BCUT2D eigenvalue weighted by Gasteiger charge is -2.33. The number of aromatic amines is 1. The van der Waals surface area contributed by atoms with Gasteiger partial charge in [-0.25, -0.2) is 14.5 Å². The van der Waals surface area contributed by atoms with Crippen molar-refractivity contribution in [2.24, 2.45) is 0 Å². The molecular formula is C29H38N8O. The van der Waals surface area contributed by atoms with Gasteiger partial charge in [0.2, 0.25) is 5.91 Å². The predicted molar refractivity (Wildman–Crippen MR) is 151 cm³/mol. The smallest absolute Gasteiger partial charge is 0.224 e. The molecule has 4 aromatic heterocycles. The number of aryl methyl sites for hydroxylation is 1. The Morgan fingerprint density at radius 3 is 2.76 bits per heavy atom. The summed E-state index contributed by atoms with van der Waals surface area (Å²) in [5, 5.41) is 4.41. The summed E-state index contributed by atoms with van der Waals surface area (Å²) in [6.45, 7) is 11.2. The van der Waals surface area contributed by atoms with Crippen LogP contribution in [0.1, 0.15) is 55.7 Å². The fourth-order valence-electron chi connectivity index (χ4n) is 6.40. The first-order valence-corrected chi connectivity index (χ1v) is 13.8. The molecule has 0 unspecified atom stereocenters. The second kappa shape index (κ2) is 9.38. The third kappa shape index (κ3) is 4.04. The maximum absolute atomic E-state index is 12.9. The van der Waals surface area contributed by atoms with Crippen molar-refractivity contribution in [3.63, 3.8) is 0 Å². The third-order valence-electron chi connectivity index (χ3n) is 8.56. The van der Waals surface area contributed by atoms with Gasteiger partial charge < -0.3 is 19.7 Å². The molecule has 2 bridgehead atoms. The van der Waals surface area contributed by atoms with Gasteiger partial charge >= 0.3 is 0 Å². The van der Waals surface area contributed by atoms with Crippen LogP contribution in [0.2, 0.25) is 0 Å². The van der Waals surface area contributed by atoms with Crippen LogP contribution >= 0.6 is 0 Å². The molecule has 1 amide bonds. The molecule has 0 aromatic carbocycles. The highest BCUT2D eigenvalue weighted by molar-refractivity contribution is 5.90. The number of carbonyl (C=O) groups excluding carboxylic acids is 1. The van der Waals surface area contributed by atoms with Crippen LogP contribution in [-0.2, 0) is 4.79 Å². The molecule has 200 valence electrons. The minimum Gasteiger partial charge on any atom is -0.353 e. The van der Waals surface area contributed by atoms with E-state index in [9.17, 15) is 4.79 Å². The van der Waals surface area contributed by atoms with Crippen LogP contribution in [0.5, 0.6) is 0 Å². The van der Waals surface area contributed by atoms with Crippen LogP contribution in [0.25, 0.3) is 27.9 Å². The van der Waals surface area contributed by atoms with Crippen molar-refractivity contribution >= 4 is 28.4 Å². The van der Waals surface area contributed by atoms with Crippen molar-refractivity contribution < 1.29 is 4.79 Å². The zero-order chi connectivity index (χ0) is 26.7. The van der Waals surface area contributed by atoms with E-state index in [1.54, 1.807) is 6.33 Å². The molecule has 6 rings (SSSR count). The molecule has 1 N–H and O–H groups in total.